The zero-order chi connectivity index (χ0) is 33.8. The van der Waals surface area contributed by atoms with Crippen molar-refractivity contribution in [2.45, 2.75) is 83.9 Å². The monoisotopic (exact) mass is 660 g/mol. The number of aromatic hydroxyl groups is 1. The fourth-order valence-corrected chi connectivity index (χ4v) is 7.02. The highest BCUT2D eigenvalue weighted by Crippen LogP contribution is 2.28. The van der Waals surface area contributed by atoms with Crippen LogP contribution in [0.1, 0.15) is 90.8 Å². The Labute approximate surface area is 291 Å². The van der Waals surface area contributed by atoms with Crippen LogP contribution in [0.25, 0.3) is 0 Å². The smallest absolute Gasteiger partial charge is 0.119 e. The van der Waals surface area contributed by atoms with Crippen molar-refractivity contribution in [3.05, 3.63) is 130 Å². The minimum Gasteiger partial charge on any atom is -0.508 e. The molecule has 3 aromatic carbocycles. The lowest BCUT2D eigenvalue weighted by Gasteiger charge is -2.23. The lowest BCUT2D eigenvalue weighted by atomic mass is 9.94. The molecule has 2 aliphatic heterocycles. The van der Waals surface area contributed by atoms with Crippen molar-refractivity contribution in [1.82, 2.24) is 30.2 Å². The number of phenols is 1. The van der Waals surface area contributed by atoms with E-state index in [0.717, 1.165) is 69.2 Å². The molecule has 0 spiro atoms. The van der Waals surface area contributed by atoms with Gasteiger partial charge in [0.25, 0.3) is 0 Å². The highest BCUT2D eigenvalue weighted by atomic mass is 16.5. The van der Waals surface area contributed by atoms with Crippen LogP contribution in [0.5, 0.6) is 11.5 Å². The maximum absolute atomic E-state index is 9.35. The summed E-state index contributed by atoms with van der Waals surface area (Å²) < 4.78 is 10.2. The SMILES string of the molecule is CCn1nc(Cc2ccc(O)cc2)cc1C1CCNCC1.CCn1nc(Cc2ccc(OCc3ccccc3)cc2)cc1C1CCNCC1. The molecule has 0 unspecified atom stereocenters. The summed E-state index contributed by atoms with van der Waals surface area (Å²) in [5.41, 5.74) is 8.70. The highest BCUT2D eigenvalue weighted by molar-refractivity contribution is 5.32. The van der Waals surface area contributed by atoms with Gasteiger partial charge in [0.2, 0.25) is 0 Å². The van der Waals surface area contributed by atoms with E-state index in [4.69, 9.17) is 14.9 Å². The number of nitrogens with one attached hydrogen (secondary N) is 2. The summed E-state index contributed by atoms with van der Waals surface area (Å²) in [5.74, 6) is 2.48. The van der Waals surface area contributed by atoms with E-state index in [-0.39, 0.29) is 0 Å². The number of rotatable bonds is 11. The molecule has 49 heavy (non-hydrogen) atoms. The van der Waals surface area contributed by atoms with Crippen molar-refractivity contribution in [2.24, 2.45) is 0 Å². The molecule has 2 saturated heterocycles. The minimum absolute atomic E-state index is 0.313. The maximum Gasteiger partial charge on any atom is 0.119 e. The van der Waals surface area contributed by atoms with Crippen molar-refractivity contribution in [3.63, 3.8) is 0 Å². The molecule has 2 fully saturated rings. The van der Waals surface area contributed by atoms with Gasteiger partial charge in [-0.05, 0) is 119 Å². The molecule has 8 nitrogen and oxygen atoms in total. The standard InChI is InChI=1S/C24H29N3O.C17H23N3O/c1-2-27-24(21-12-14-25-15-13-21)17-22(26-27)16-19-8-10-23(11-9-19)28-18-20-6-4-3-5-7-20;1-2-20-17(14-7-9-18-10-8-14)12-15(19-20)11-13-3-5-16(21)6-4-13/h3-11,17,21,25H,2,12-16,18H2,1H3;3-6,12,14,18,21H,2,7-11H2,1H3. The highest BCUT2D eigenvalue weighted by Gasteiger charge is 2.21. The average Bonchev–Trinajstić information content (AvgIpc) is 3.77. The van der Waals surface area contributed by atoms with Gasteiger partial charge in [-0.25, -0.2) is 0 Å². The Hall–Kier alpha value is -4.40. The zero-order valence-electron chi connectivity index (χ0n) is 29.2. The van der Waals surface area contributed by atoms with Crippen LogP contribution in [0.3, 0.4) is 0 Å². The first-order chi connectivity index (χ1) is 24.1. The first kappa shape index (κ1) is 34.5. The lowest BCUT2D eigenvalue weighted by Crippen LogP contribution is -2.27. The Morgan fingerprint density at radius 3 is 1.57 bits per heavy atom. The van der Waals surface area contributed by atoms with Crippen molar-refractivity contribution < 1.29 is 9.84 Å². The first-order valence-electron chi connectivity index (χ1n) is 18.2. The molecule has 5 aromatic rings. The Morgan fingerprint density at radius 2 is 1.10 bits per heavy atom. The Balaban J connectivity index is 0.000000177. The van der Waals surface area contributed by atoms with Gasteiger partial charge in [-0.1, -0.05) is 54.6 Å². The van der Waals surface area contributed by atoms with Gasteiger partial charge in [0.05, 0.1) is 11.4 Å². The van der Waals surface area contributed by atoms with Gasteiger partial charge in [0.1, 0.15) is 18.1 Å². The third kappa shape index (κ3) is 9.61. The van der Waals surface area contributed by atoms with E-state index in [9.17, 15) is 5.11 Å². The number of benzene rings is 3. The van der Waals surface area contributed by atoms with Crippen LogP contribution in [0, 0.1) is 0 Å². The van der Waals surface area contributed by atoms with Gasteiger partial charge in [-0.15, -0.1) is 0 Å². The topological polar surface area (TPSA) is 89.2 Å². The summed E-state index contributed by atoms with van der Waals surface area (Å²) in [4.78, 5) is 0. The molecule has 0 atom stereocenters. The predicted octanol–water partition coefficient (Wildman–Crippen LogP) is 7.21. The van der Waals surface area contributed by atoms with Crippen LogP contribution >= 0.6 is 0 Å². The fraction of sp³-hybridized carbons (Fsp3) is 0.415. The van der Waals surface area contributed by atoms with Crippen LogP contribution in [0.4, 0.5) is 0 Å². The molecule has 0 saturated carbocycles. The Morgan fingerprint density at radius 1 is 0.633 bits per heavy atom. The summed E-state index contributed by atoms with van der Waals surface area (Å²) in [7, 11) is 0. The van der Waals surface area contributed by atoms with Crippen LogP contribution in [0.2, 0.25) is 0 Å². The van der Waals surface area contributed by atoms with Gasteiger partial charge in [0, 0.05) is 49.2 Å². The third-order valence-electron chi connectivity index (χ3n) is 9.72. The second-order valence-electron chi connectivity index (χ2n) is 13.2. The van der Waals surface area contributed by atoms with Gasteiger partial charge >= 0.3 is 0 Å². The normalized spacial score (nSPS) is 15.5. The summed E-state index contributed by atoms with van der Waals surface area (Å²) in [5, 5.41) is 25.8. The van der Waals surface area contributed by atoms with Crippen LogP contribution in [-0.4, -0.2) is 50.8 Å². The lowest BCUT2D eigenvalue weighted by molar-refractivity contribution is 0.306. The van der Waals surface area contributed by atoms with Crippen LogP contribution < -0.4 is 15.4 Å². The Kier molecular flexibility index (Phi) is 12.2. The maximum atomic E-state index is 9.35. The number of hydrogen-bond acceptors (Lipinski definition) is 6. The third-order valence-corrected chi connectivity index (χ3v) is 9.72. The minimum atomic E-state index is 0.313. The number of piperidine rings is 2. The number of hydrogen-bond donors (Lipinski definition) is 3. The number of phenolic OH excluding ortho intramolecular Hbond substituents is 1. The summed E-state index contributed by atoms with van der Waals surface area (Å²) in [6.07, 6.45) is 6.50. The molecule has 0 bridgehead atoms. The van der Waals surface area contributed by atoms with Gasteiger partial charge < -0.3 is 20.5 Å². The number of aromatic nitrogens is 4. The van der Waals surface area contributed by atoms with Gasteiger partial charge in [-0.3, -0.25) is 9.36 Å². The molecule has 7 rings (SSSR count). The van der Waals surface area contributed by atoms with E-state index in [1.54, 1.807) is 12.1 Å². The van der Waals surface area contributed by atoms with Crippen LogP contribution in [0.15, 0.2) is 91.0 Å². The van der Waals surface area contributed by atoms with E-state index in [1.807, 2.05) is 30.3 Å². The molecular formula is C41H52N6O2. The molecule has 4 heterocycles. The summed E-state index contributed by atoms with van der Waals surface area (Å²) in [6.45, 7) is 11.2. The molecule has 3 N–H and O–H groups in total. The van der Waals surface area contributed by atoms with E-state index < -0.39 is 0 Å². The van der Waals surface area contributed by atoms with Crippen molar-refractivity contribution in [2.75, 3.05) is 26.2 Å². The molecule has 8 heteroatoms. The van der Waals surface area contributed by atoms with Crippen molar-refractivity contribution >= 4 is 0 Å². The van der Waals surface area contributed by atoms with Crippen molar-refractivity contribution in [3.8, 4) is 11.5 Å². The number of ether oxygens (including phenoxy) is 1. The van der Waals surface area contributed by atoms with Gasteiger partial charge in [-0.2, -0.15) is 10.2 Å². The zero-order valence-corrected chi connectivity index (χ0v) is 29.2. The molecule has 0 radical (unpaired) electrons. The molecule has 258 valence electrons. The Bertz CT molecular complexity index is 1700. The van der Waals surface area contributed by atoms with Gasteiger partial charge in [0.15, 0.2) is 0 Å². The van der Waals surface area contributed by atoms with Crippen LogP contribution in [-0.2, 0) is 32.5 Å². The largest absolute Gasteiger partial charge is 0.508 e. The van der Waals surface area contributed by atoms with E-state index >= 15 is 0 Å². The second kappa shape index (κ2) is 17.3. The first-order valence-corrected chi connectivity index (χ1v) is 18.2. The molecule has 0 amide bonds. The molecular weight excluding hydrogens is 608 g/mol. The summed E-state index contributed by atoms with van der Waals surface area (Å²) in [6, 6.07) is 30.7. The summed E-state index contributed by atoms with van der Waals surface area (Å²) >= 11 is 0. The quantitative estimate of drug-likeness (QED) is 0.139. The number of aryl methyl sites for hydroxylation is 2. The number of nitrogens with zero attached hydrogens (tertiary/aromatic N) is 4. The van der Waals surface area contributed by atoms with Crippen molar-refractivity contribution in [1.29, 1.82) is 0 Å². The molecule has 2 aliphatic rings. The van der Waals surface area contributed by atoms with E-state index in [0.29, 0.717) is 24.2 Å². The second-order valence-corrected chi connectivity index (χ2v) is 13.2. The predicted molar refractivity (Wildman–Crippen MR) is 196 cm³/mol. The van der Waals surface area contributed by atoms with E-state index in [2.05, 4.69) is 82.4 Å². The molecule has 2 aromatic heterocycles. The fourth-order valence-electron chi connectivity index (χ4n) is 7.02. The average molecular weight is 661 g/mol. The van der Waals surface area contributed by atoms with E-state index in [1.165, 1.54) is 53.8 Å². The molecule has 0 aliphatic carbocycles.